The van der Waals surface area contributed by atoms with Crippen LogP contribution in [0.25, 0.3) is 0 Å². The number of hydrogen-bond acceptors (Lipinski definition) is 1. The fraction of sp³-hybridized carbons (Fsp3) is 0.235. The van der Waals surface area contributed by atoms with Crippen LogP contribution in [0.15, 0.2) is 36.4 Å². The first-order valence-corrected chi connectivity index (χ1v) is 6.33. The van der Waals surface area contributed by atoms with Crippen LogP contribution in [0.4, 0.5) is 4.39 Å². The number of hydrogen-bond donors (Lipinski definition) is 0. The van der Waals surface area contributed by atoms with Gasteiger partial charge in [0.05, 0.1) is 0 Å². The molecule has 0 unspecified atom stereocenters. The molecular weight excluding hydrogens is 239 g/mol. The summed E-state index contributed by atoms with van der Waals surface area (Å²) in [6.45, 7) is 5.67. The molecule has 0 saturated carbocycles. The standard InChI is InChI=1S/C17H17FO/c1-11-4-5-12(2)15(8-11)10-17(19)14-7-6-13(3)16(18)9-14/h4-9H,10H2,1-3H3. The predicted octanol–water partition coefficient (Wildman–Crippen LogP) is 4.18. The number of carbonyl (C=O) groups is 1. The fourth-order valence-electron chi connectivity index (χ4n) is 2.03. The van der Waals surface area contributed by atoms with Crippen molar-refractivity contribution in [1.29, 1.82) is 0 Å². The van der Waals surface area contributed by atoms with Gasteiger partial charge < -0.3 is 0 Å². The van der Waals surface area contributed by atoms with E-state index in [-0.39, 0.29) is 11.6 Å². The molecule has 0 bridgehead atoms. The van der Waals surface area contributed by atoms with E-state index < -0.39 is 0 Å². The molecule has 98 valence electrons. The Morgan fingerprint density at radius 2 is 1.68 bits per heavy atom. The molecule has 0 atom stereocenters. The van der Waals surface area contributed by atoms with Crippen LogP contribution in [0.1, 0.15) is 32.6 Å². The summed E-state index contributed by atoms with van der Waals surface area (Å²) in [6, 6.07) is 10.7. The SMILES string of the molecule is Cc1ccc(C)c(CC(=O)c2ccc(C)c(F)c2)c1. The minimum absolute atomic E-state index is 0.0485. The second-order valence-corrected chi connectivity index (χ2v) is 4.99. The first kappa shape index (κ1) is 13.5. The number of rotatable bonds is 3. The van der Waals surface area contributed by atoms with Gasteiger partial charge in [-0.3, -0.25) is 4.79 Å². The molecular formula is C17H17FO. The third-order valence-corrected chi connectivity index (χ3v) is 3.35. The van der Waals surface area contributed by atoms with Gasteiger partial charge >= 0.3 is 0 Å². The van der Waals surface area contributed by atoms with Gasteiger partial charge in [-0.2, -0.15) is 0 Å². The van der Waals surface area contributed by atoms with E-state index in [1.807, 2.05) is 32.0 Å². The van der Waals surface area contributed by atoms with Crippen LogP contribution in [-0.4, -0.2) is 5.78 Å². The third kappa shape index (κ3) is 3.08. The summed E-state index contributed by atoms with van der Waals surface area (Å²) in [5, 5.41) is 0. The Hall–Kier alpha value is -1.96. The van der Waals surface area contributed by atoms with E-state index in [2.05, 4.69) is 0 Å². The molecule has 2 rings (SSSR count). The molecule has 0 radical (unpaired) electrons. The monoisotopic (exact) mass is 256 g/mol. The van der Waals surface area contributed by atoms with Crippen LogP contribution < -0.4 is 0 Å². The van der Waals surface area contributed by atoms with Gasteiger partial charge in [0.15, 0.2) is 5.78 Å². The molecule has 2 aromatic carbocycles. The van der Waals surface area contributed by atoms with Gasteiger partial charge in [0.2, 0.25) is 0 Å². The van der Waals surface area contributed by atoms with Crippen molar-refractivity contribution in [3.8, 4) is 0 Å². The second kappa shape index (κ2) is 5.35. The molecule has 0 spiro atoms. The largest absolute Gasteiger partial charge is 0.294 e. The van der Waals surface area contributed by atoms with Gasteiger partial charge in [-0.15, -0.1) is 0 Å². The summed E-state index contributed by atoms with van der Waals surface area (Å²) in [5.74, 6) is -0.376. The highest BCUT2D eigenvalue weighted by Gasteiger charge is 2.10. The number of ketones is 1. The van der Waals surface area contributed by atoms with Crippen LogP contribution in [-0.2, 0) is 6.42 Å². The summed E-state index contributed by atoms with van der Waals surface area (Å²) in [4.78, 5) is 12.2. The number of halogens is 1. The van der Waals surface area contributed by atoms with Gasteiger partial charge in [-0.05, 0) is 43.5 Å². The maximum atomic E-state index is 13.5. The van der Waals surface area contributed by atoms with Crippen molar-refractivity contribution in [3.63, 3.8) is 0 Å². The van der Waals surface area contributed by atoms with E-state index in [0.29, 0.717) is 17.5 Å². The van der Waals surface area contributed by atoms with Crippen molar-refractivity contribution in [2.45, 2.75) is 27.2 Å². The van der Waals surface area contributed by atoms with E-state index in [9.17, 15) is 9.18 Å². The summed E-state index contributed by atoms with van der Waals surface area (Å²) in [7, 11) is 0. The van der Waals surface area contributed by atoms with Gasteiger partial charge in [-0.25, -0.2) is 4.39 Å². The van der Waals surface area contributed by atoms with Crippen molar-refractivity contribution >= 4 is 5.78 Å². The van der Waals surface area contributed by atoms with Gasteiger partial charge in [-0.1, -0.05) is 35.9 Å². The highest BCUT2D eigenvalue weighted by Crippen LogP contribution is 2.16. The lowest BCUT2D eigenvalue weighted by Crippen LogP contribution is -2.06. The zero-order valence-corrected chi connectivity index (χ0v) is 11.5. The summed E-state index contributed by atoms with van der Waals surface area (Å²) in [6.07, 6.45) is 0.315. The Morgan fingerprint density at radius 1 is 1.00 bits per heavy atom. The van der Waals surface area contributed by atoms with E-state index in [1.54, 1.807) is 19.1 Å². The van der Waals surface area contributed by atoms with Gasteiger partial charge in [0.25, 0.3) is 0 Å². The molecule has 0 amide bonds. The van der Waals surface area contributed by atoms with Crippen LogP contribution in [0, 0.1) is 26.6 Å². The Balaban J connectivity index is 2.25. The van der Waals surface area contributed by atoms with Gasteiger partial charge in [0.1, 0.15) is 5.82 Å². The van der Waals surface area contributed by atoms with E-state index >= 15 is 0 Å². The van der Waals surface area contributed by atoms with Crippen molar-refractivity contribution in [2.24, 2.45) is 0 Å². The maximum absolute atomic E-state index is 13.5. The van der Waals surface area contributed by atoms with E-state index in [1.165, 1.54) is 6.07 Å². The first-order valence-electron chi connectivity index (χ1n) is 6.33. The number of Topliss-reactive ketones (excluding diaryl/α,β-unsaturated/α-hetero) is 1. The Kier molecular flexibility index (Phi) is 3.79. The lowest BCUT2D eigenvalue weighted by atomic mass is 9.97. The molecule has 0 N–H and O–H groups in total. The summed E-state index contributed by atoms with van der Waals surface area (Å²) in [5.41, 5.74) is 4.22. The molecule has 2 heteroatoms. The molecule has 1 nitrogen and oxygen atoms in total. The van der Waals surface area contributed by atoms with Crippen LogP contribution in [0.5, 0.6) is 0 Å². The van der Waals surface area contributed by atoms with Crippen LogP contribution in [0.2, 0.25) is 0 Å². The third-order valence-electron chi connectivity index (χ3n) is 3.35. The number of benzene rings is 2. The molecule has 0 saturated heterocycles. The molecule has 0 aliphatic rings. The molecule has 19 heavy (non-hydrogen) atoms. The number of carbonyl (C=O) groups excluding carboxylic acids is 1. The fourth-order valence-corrected chi connectivity index (χ4v) is 2.03. The molecule has 0 aromatic heterocycles. The lowest BCUT2D eigenvalue weighted by Gasteiger charge is -2.07. The normalized spacial score (nSPS) is 10.5. The zero-order chi connectivity index (χ0) is 14.0. The average Bonchev–Trinajstić information content (AvgIpc) is 2.37. The highest BCUT2D eigenvalue weighted by atomic mass is 19.1. The Morgan fingerprint density at radius 3 is 2.37 bits per heavy atom. The van der Waals surface area contributed by atoms with Crippen molar-refractivity contribution < 1.29 is 9.18 Å². The predicted molar refractivity (Wildman–Crippen MR) is 75.1 cm³/mol. The number of aryl methyl sites for hydroxylation is 3. The van der Waals surface area contributed by atoms with Crippen molar-refractivity contribution in [2.75, 3.05) is 0 Å². The van der Waals surface area contributed by atoms with Crippen molar-refractivity contribution in [3.05, 3.63) is 70.0 Å². The van der Waals surface area contributed by atoms with Gasteiger partial charge in [0, 0.05) is 12.0 Å². The molecule has 0 aliphatic heterocycles. The molecule has 2 aromatic rings. The van der Waals surface area contributed by atoms with Crippen LogP contribution in [0.3, 0.4) is 0 Å². The topological polar surface area (TPSA) is 17.1 Å². The average molecular weight is 256 g/mol. The quantitative estimate of drug-likeness (QED) is 0.753. The smallest absolute Gasteiger partial charge is 0.167 e. The maximum Gasteiger partial charge on any atom is 0.167 e. The van der Waals surface area contributed by atoms with E-state index in [4.69, 9.17) is 0 Å². The minimum Gasteiger partial charge on any atom is -0.294 e. The first-order chi connectivity index (χ1) is 8.97. The highest BCUT2D eigenvalue weighted by molar-refractivity contribution is 5.97. The Labute approximate surface area is 113 Å². The second-order valence-electron chi connectivity index (χ2n) is 4.99. The van der Waals surface area contributed by atoms with Crippen LogP contribution >= 0.6 is 0 Å². The zero-order valence-electron chi connectivity index (χ0n) is 11.5. The summed E-state index contributed by atoms with van der Waals surface area (Å²) < 4.78 is 13.5. The minimum atomic E-state index is -0.327. The lowest BCUT2D eigenvalue weighted by molar-refractivity contribution is 0.0992. The van der Waals surface area contributed by atoms with Crippen molar-refractivity contribution in [1.82, 2.24) is 0 Å². The molecule has 0 aliphatic carbocycles. The van der Waals surface area contributed by atoms with E-state index in [0.717, 1.165) is 16.7 Å². The summed E-state index contributed by atoms with van der Waals surface area (Å²) >= 11 is 0. The Bertz CT molecular complexity index is 629. The molecule has 0 fully saturated rings. The molecule has 0 heterocycles.